The van der Waals surface area contributed by atoms with Crippen LogP contribution in [0.3, 0.4) is 0 Å². The minimum atomic E-state index is -0.294. The van der Waals surface area contributed by atoms with Gasteiger partial charge in [-0.3, -0.25) is 0 Å². The van der Waals surface area contributed by atoms with Crippen molar-refractivity contribution in [2.45, 2.75) is 84.6 Å². The molecule has 3 aromatic rings. The first-order valence-corrected chi connectivity index (χ1v) is 14.7. The average molecular weight is 563 g/mol. The van der Waals surface area contributed by atoms with E-state index in [9.17, 15) is 9.18 Å². The number of halogens is 1. The third kappa shape index (κ3) is 8.97. The van der Waals surface area contributed by atoms with Gasteiger partial charge in [-0.25, -0.2) is 9.18 Å². The van der Waals surface area contributed by atoms with E-state index in [2.05, 4.69) is 65.1 Å². The molecule has 0 bridgehead atoms. The van der Waals surface area contributed by atoms with E-state index in [0.717, 1.165) is 42.7 Å². The lowest BCUT2D eigenvalue weighted by Gasteiger charge is -2.30. The summed E-state index contributed by atoms with van der Waals surface area (Å²) in [6.07, 6.45) is 3.65. The number of anilines is 1. The van der Waals surface area contributed by atoms with Crippen molar-refractivity contribution in [2.24, 2.45) is 0 Å². The number of methoxy groups -OCH3 is 1. The van der Waals surface area contributed by atoms with E-state index in [-0.39, 0.29) is 22.7 Å². The number of nitrogens with zero attached hydrogens (tertiary/aromatic N) is 1. The summed E-state index contributed by atoms with van der Waals surface area (Å²) in [5.74, 6) is 1.37. The van der Waals surface area contributed by atoms with Crippen LogP contribution < -0.4 is 14.8 Å². The topological polar surface area (TPSA) is 50.8 Å². The predicted octanol–water partition coefficient (Wildman–Crippen LogP) is 9.10. The van der Waals surface area contributed by atoms with Gasteiger partial charge in [-0.15, -0.1) is 0 Å². The molecule has 0 fully saturated rings. The normalized spacial score (nSPS) is 11.7. The van der Waals surface area contributed by atoms with Gasteiger partial charge in [0.15, 0.2) is 0 Å². The van der Waals surface area contributed by atoms with Crippen LogP contribution in [0.25, 0.3) is 0 Å². The summed E-state index contributed by atoms with van der Waals surface area (Å²) in [7, 11) is 1.61. The Kier molecular flexibility index (Phi) is 11.2. The number of carbonyl (C=O) groups excluding carboxylic acids is 1. The van der Waals surface area contributed by atoms with Crippen LogP contribution in [0.2, 0.25) is 0 Å². The first-order valence-electron chi connectivity index (χ1n) is 14.7. The summed E-state index contributed by atoms with van der Waals surface area (Å²) >= 11 is 0. The molecule has 0 aliphatic rings. The van der Waals surface area contributed by atoms with Gasteiger partial charge in [-0.1, -0.05) is 65.8 Å². The molecule has 222 valence electrons. The Hall–Kier alpha value is -3.54. The molecule has 6 heteroatoms. The fraction of sp³-hybridized carbons (Fsp3) is 0.457. The van der Waals surface area contributed by atoms with Crippen LogP contribution in [0.4, 0.5) is 14.9 Å². The Morgan fingerprint density at radius 1 is 0.878 bits per heavy atom. The molecule has 0 atom stereocenters. The lowest BCUT2D eigenvalue weighted by Crippen LogP contribution is -2.35. The second-order valence-electron chi connectivity index (χ2n) is 11.9. The fourth-order valence-electron chi connectivity index (χ4n) is 4.53. The van der Waals surface area contributed by atoms with Gasteiger partial charge in [0.2, 0.25) is 0 Å². The summed E-state index contributed by atoms with van der Waals surface area (Å²) < 4.78 is 25.0. The highest BCUT2D eigenvalue weighted by molar-refractivity contribution is 5.89. The molecule has 0 aromatic heterocycles. The Bertz CT molecular complexity index is 1250. The zero-order chi connectivity index (χ0) is 30.0. The van der Waals surface area contributed by atoms with Crippen molar-refractivity contribution < 1.29 is 18.7 Å². The predicted molar refractivity (Wildman–Crippen MR) is 167 cm³/mol. The van der Waals surface area contributed by atoms with E-state index >= 15 is 0 Å². The zero-order valence-corrected chi connectivity index (χ0v) is 25.9. The van der Waals surface area contributed by atoms with Gasteiger partial charge in [0.25, 0.3) is 0 Å². The number of amides is 2. The van der Waals surface area contributed by atoms with Crippen molar-refractivity contribution in [3.63, 3.8) is 0 Å². The second-order valence-corrected chi connectivity index (χ2v) is 11.9. The summed E-state index contributed by atoms with van der Waals surface area (Å²) in [5, 5.41) is 2.97. The van der Waals surface area contributed by atoms with Crippen molar-refractivity contribution in [1.82, 2.24) is 4.90 Å². The lowest BCUT2D eigenvalue weighted by molar-refractivity contribution is 0.205. The van der Waals surface area contributed by atoms with E-state index in [4.69, 9.17) is 9.47 Å². The highest BCUT2D eigenvalue weighted by Gasteiger charge is 2.26. The number of benzene rings is 3. The summed E-state index contributed by atoms with van der Waals surface area (Å²) in [5.41, 5.74) is 4.25. The zero-order valence-electron chi connectivity index (χ0n) is 25.9. The quantitative estimate of drug-likeness (QED) is 0.199. The lowest BCUT2D eigenvalue weighted by atomic mass is 9.76. The molecule has 0 saturated heterocycles. The van der Waals surface area contributed by atoms with Crippen molar-refractivity contribution >= 4 is 11.7 Å². The van der Waals surface area contributed by atoms with Crippen LogP contribution in [0.15, 0.2) is 66.7 Å². The van der Waals surface area contributed by atoms with Crippen LogP contribution in [0, 0.1) is 5.82 Å². The molecule has 5 nitrogen and oxygen atoms in total. The van der Waals surface area contributed by atoms with Gasteiger partial charge < -0.3 is 19.7 Å². The molecular weight excluding hydrogens is 515 g/mol. The second kappa shape index (κ2) is 14.4. The molecule has 0 spiro atoms. The number of ether oxygens (including phenoxy) is 2. The highest BCUT2D eigenvalue weighted by Crippen LogP contribution is 2.38. The molecule has 0 aliphatic heterocycles. The molecule has 0 aliphatic carbocycles. The van der Waals surface area contributed by atoms with Gasteiger partial charge in [0.05, 0.1) is 13.7 Å². The van der Waals surface area contributed by atoms with Crippen LogP contribution in [-0.2, 0) is 17.4 Å². The molecule has 0 radical (unpaired) electrons. The van der Waals surface area contributed by atoms with Gasteiger partial charge >= 0.3 is 6.03 Å². The standard InChI is InChI=1S/C35H47FN2O3/c1-8-34(3,4)27-14-21-32(31(24-27)35(5,6)9-2)41-23-11-10-22-38(25-26-12-15-28(36)16-13-26)33(39)37-29-17-19-30(40-7)20-18-29/h12-21,24H,8-11,22-23,25H2,1-7H3,(H,37,39). The summed E-state index contributed by atoms with van der Waals surface area (Å²) in [6.45, 7) is 15.0. The molecule has 41 heavy (non-hydrogen) atoms. The van der Waals surface area contributed by atoms with Crippen LogP contribution in [0.1, 0.15) is 83.9 Å². The first-order chi connectivity index (χ1) is 19.5. The molecule has 1 N–H and O–H groups in total. The van der Waals surface area contributed by atoms with Crippen LogP contribution in [0.5, 0.6) is 11.5 Å². The number of hydrogen-bond donors (Lipinski definition) is 1. The molecule has 0 unspecified atom stereocenters. The maximum atomic E-state index is 13.5. The number of urea groups is 1. The number of carbonyl (C=O) groups is 1. The van der Waals surface area contributed by atoms with Gasteiger partial charge in [0, 0.05) is 24.3 Å². The summed E-state index contributed by atoms with van der Waals surface area (Å²) in [6, 6.07) is 20.0. The SMILES string of the molecule is CCC(C)(C)c1ccc(OCCCCN(Cc2ccc(F)cc2)C(=O)Nc2ccc(OC)cc2)c(C(C)(C)CC)c1. The van der Waals surface area contributed by atoms with Crippen molar-refractivity contribution in [1.29, 1.82) is 0 Å². The van der Waals surface area contributed by atoms with E-state index in [1.54, 1.807) is 36.3 Å². The van der Waals surface area contributed by atoms with Crippen LogP contribution >= 0.6 is 0 Å². The van der Waals surface area contributed by atoms with Crippen LogP contribution in [-0.4, -0.2) is 31.2 Å². The Labute approximate surface area is 246 Å². The van der Waals surface area contributed by atoms with E-state index in [1.807, 2.05) is 12.1 Å². The minimum Gasteiger partial charge on any atom is -0.497 e. The highest BCUT2D eigenvalue weighted by atomic mass is 19.1. The van der Waals surface area contributed by atoms with E-state index < -0.39 is 0 Å². The molecule has 0 saturated carbocycles. The number of hydrogen-bond acceptors (Lipinski definition) is 3. The smallest absolute Gasteiger partial charge is 0.322 e. The Morgan fingerprint density at radius 2 is 1.54 bits per heavy atom. The van der Waals surface area contributed by atoms with Gasteiger partial charge in [-0.2, -0.15) is 0 Å². The van der Waals surface area contributed by atoms with Crippen molar-refractivity contribution in [2.75, 3.05) is 25.6 Å². The minimum absolute atomic E-state index is 0.000661. The fourth-order valence-corrected chi connectivity index (χ4v) is 4.53. The molecule has 3 rings (SSSR count). The van der Waals surface area contributed by atoms with Crippen molar-refractivity contribution in [3.8, 4) is 11.5 Å². The molecule has 3 aromatic carbocycles. The molecule has 0 heterocycles. The van der Waals surface area contributed by atoms with Gasteiger partial charge in [0.1, 0.15) is 17.3 Å². The Balaban J connectivity index is 1.65. The Morgan fingerprint density at radius 3 is 2.15 bits per heavy atom. The average Bonchev–Trinajstić information content (AvgIpc) is 2.97. The molecule has 2 amide bonds. The number of unbranched alkanes of at least 4 members (excludes halogenated alkanes) is 1. The number of nitrogens with one attached hydrogen (secondary N) is 1. The maximum absolute atomic E-state index is 13.5. The maximum Gasteiger partial charge on any atom is 0.322 e. The van der Waals surface area contributed by atoms with Crippen molar-refractivity contribution in [3.05, 3.63) is 89.2 Å². The third-order valence-electron chi connectivity index (χ3n) is 8.25. The van der Waals surface area contributed by atoms with E-state index in [0.29, 0.717) is 25.4 Å². The largest absolute Gasteiger partial charge is 0.497 e. The van der Waals surface area contributed by atoms with Gasteiger partial charge in [-0.05, 0) is 90.1 Å². The first kappa shape index (κ1) is 32.0. The molecular formula is C35H47FN2O3. The third-order valence-corrected chi connectivity index (χ3v) is 8.25. The van der Waals surface area contributed by atoms with E-state index in [1.165, 1.54) is 23.3 Å². The summed E-state index contributed by atoms with van der Waals surface area (Å²) in [4.78, 5) is 15.0. The monoisotopic (exact) mass is 562 g/mol. The number of rotatable bonds is 14.